The Kier molecular flexibility index (Phi) is 3.10. The van der Waals surface area contributed by atoms with Crippen LogP contribution in [0.4, 0.5) is 5.69 Å². The van der Waals surface area contributed by atoms with E-state index in [1.165, 1.54) is 12.3 Å². The van der Waals surface area contributed by atoms with Crippen LogP contribution >= 0.6 is 0 Å². The monoisotopic (exact) mass is 252 g/mol. The Bertz CT molecular complexity index is 575. The molecular weight excluding hydrogens is 240 g/mol. The Balaban J connectivity index is 2.04. The van der Waals surface area contributed by atoms with Crippen molar-refractivity contribution in [2.24, 2.45) is 0 Å². The molecule has 0 atom stereocenters. The van der Waals surface area contributed by atoms with E-state index in [2.05, 4.69) is 20.3 Å². The summed E-state index contributed by atoms with van der Waals surface area (Å²) < 4.78 is 22.4. The topological polar surface area (TPSA) is 87.7 Å². The summed E-state index contributed by atoms with van der Waals surface area (Å²) in [5, 5.41) is 3.15. The predicted octanol–water partition coefficient (Wildman–Crippen LogP) is 0.820. The molecule has 0 fully saturated rings. The third-order valence-electron chi connectivity index (χ3n) is 2.13. The second-order valence-corrected chi connectivity index (χ2v) is 5.51. The third-order valence-corrected chi connectivity index (χ3v) is 3.13. The number of sulfone groups is 1. The molecule has 2 rings (SSSR count). The summed E-state index contributed by atoms with van der Waals surface area (Å²) in [6.07, 6.45) is 6.02. The second kappa shape index (κ2) is 4.54. The van der Waals surface area contributed by atoms with Crippen molar-refractivity contribution < 1.29 is 8.42 Å². The van der Waals surface area contributed by atoms with Gasteiger partial charge in [0.05, 0.1) is 18.4 Å². The van der Waals surface area contributed by atoms with E-state index in [-0.39, 0.29) is 5.03 Å². The Morgan fingerprint density at radius 2 is 2.18 bits per heavy atom. The van der Waals surface area contributed by atoms with Crippen molar-refractivity contribution in [3.8, 4) is 0 Å². The number of anilines is 1. The molecular formula is C10H12N4O2S. The summed E-state index contributed by atoms with van der Waals surface area (Å²) >= 11 is 0. The van der Waals surface area contributed by atoms with E-state index in [9.17, 15) is 8.42 Å². The van der Waals surface area contributed by atoms with Crippen LogP contribution in [0.2, 0.25) is 0 Å². The van der Waals surface area contributed by atoms with Crippen LogP contribution < -0.4 is 5.32 Å². The third kappa shape index (κ3) is 3.04. The minimum atomic E-state index is -3.24. The number of aromatic nitrogens is 3. The number of rotatable bonds is 4. The highest BCUT2D eigenvalue weighted by Gasteiger charge is 2.07. The summed E-state index contributed by atoms with van der Waals surface area (Å²) in [6, 6.07) is 3.14. The van der Waals surface area contributed by atoms with Gasteiger partial charge in [0, 0.05) is 18.6 Å². The maximum atomic E-state index is 11.2. The van der Waals surface area contributed by atoms with Gasteiger partial charge < -0.3 is 10.3 Å². The molecule has 0 amide bonds. The SMILES string of the molecule is CS(=O)(=O)c1ccc(NCc2ncc[nH]2)cn1. The number of pyridine rings is 1. The molecule has 0 saturated heterocycles. The zero-order valence-electron chi connectivity index (χ0n) is 9.21. The highest BCUT2D eigenvalue weighted by Crippen LogP contribution is 2.10. The average Bonchev–Trinajstić information content (AvgIpc) is 2.78. The van der Waals surface area contributed by atoms with Crippen LogP contribution in [0, 0.1) is 0 Å². The highest BCUT2D eigenvalue weighted by atomic mass is 32.2. The zero-order valence-corrected chi connectivity index (χ0v) is 10.0. The van der Waals surface area contributed by atoms with E-state index in [1.807, 2.05) is 0 Å². The Morgan fingerprint density at radius 3 is 2.71 bits per heavy atom. The van der Waals surface area contributed by atoms with Crippen LogP contribution in [0.1, 0.15) is 5.82 Å². The van der Waals surface area contributed by atoms with Crippen molar-refractivity contribution in [1.29, 1.82) is 0 Å². The molecule has 0 aromatic carbocycles. The lowest BCUT2D eigenvalue weighted by atomic mass is 10.4. The Hall–Kier alpha value is -1.89. The van der Waals surface area contributed by atoms with Crippen molar-refractivity contribution >= 4 is 15.5 Å². The molecule has 0 unspecified atom stereocenters. The van der Waals surface area contributed by atoms with Crippen LogP contribution in [0.5, 0.6) is 0 Å². The number of hydrogen-bond acceptors (Lipinski definition) is 5. The number of H-pyrrole nitrogens is 1. The molecule has 2 heterocycles. The summed E-state index contributed by atoms with van der Waals surface area (Å²) in [5.41, 5.74) is 0.744. The number of nitrogens with one attached hydrogen (secondary N) is 2. The first kappa shape index (κ1) is 11.6. The first-order chi connectivity index (χ1) is 8.05. The summed E-state index contributed by atoms with van der Waals surface area (Å²) in [4.78, 5) is 10.9. The molecule has 2 aromatic heterocycles. The molecule has 17 heavy (non-hydrogen) atoms. The summed E-state index contributed by atoms with van der Waals surface area (Å²) in [7, 11) is -3.24. The van der Waals surface area contributed by atoms with Gasteiger partial charge in [0.2, 0.25) is 0 Å². The van der Waals surface area contributed by atoms with E-state index >= 15 is 0 Å². The molecule has 2 aromatic rings. The van der Waals surface area contributed by atoms with Gasteiger partial charge in [-0.15, -0.1) is 0 Å². The van der Waals surface area contributed by atoms with Gasteiger partial charge in [0.25, 0.3) is 0 Å². The first-order valence-corrected chi connectivity index (χ1v) is 6.83. The van der Waals surface area contributed by atoms with E-state index in [1.54, 1.807) is 18.5 Å². The van der Waals surface area contributed by atoms with Crippen molar-refractivity contribution in [1.82, 2.24) is 15.0 Å². The van der Waals surface area contributed by atoms with Crippen LogP contribution in [0.3, 0.4) is 0 Å². The van der Waals surface area contributed by atoms with Gasteiger partial charge in [-0.3, -0.25) is 0 Å². The van der Waals surface area contributed by atoms with E-state index in [0.717, 1.165) is 17.8 Å². The molecule has 7 heteroatoms. The molecule has 0 aliphatic rings. The fourth-order valence-electron chi connectivity index (χ4n) is 1.28. The summed E-state index contributed by atoms with van der Waals surface area (Å²) in [5.74, 6) is 0.803. The normalized spacial score (nSPS) is 11.4. The summed E-state index contributed by atoms with van der Waals surface area (Å²) in [6.45, 7) is 0.535. The van der Waals surface area contributed by atoms with Crippen molar-refractivity contribution in [3.63, 3.8) is 0 Å². The van der Waals surface area contributed by atoms with Gasteiger partial charge in [-0.25, -0.2) is 18.4 Å². The van der Waals surface area contributed by atoms with Gasteiger partial charge in [0.15, 0.2) is 14.9 Å². The van der Waals surface area contributed by atoms with Gasteiger partial charge >= 0.3 is 0 Å². The van der Waals surface area contributed by atoms with E-state index in [0.29, 0.717) is 6.54 Å². The molecule has 2 N–H and O–H groups in total. The lowest BCUT2D eigenvalue weighted by Gasteiger charge is -2.04. The largest absolute Gasteiger partial charge is 0.377 e. The molecule has 0 aliphatic carbocycles. The molecule has 0 aliphatic heterocycles. The van der Waals surface area contributed by atoms with Gasteiger partial charge in [0.1, 0.15) is 5.82 Å². The van der Waals surface area contributed by atoms with E-state index in [4.69, 9.17) is 0 Å². The van der Waals surface area contributed by atoms with Gasteiger partial charge in [-0.05, 0) is 12.1 Å². The second-order valence-electron chi connectivity index (χ2n) is 3.55. The highest BCUT2D eigenvalue weighted by molar-refractivity contribution is 7.90. The fraction of sp³-hybridized carbons (Fsp3) is 0.200. The number of imidazole rings is 1. The average molecular weight is 252 g/mol. The molecule has 0 radical (unpaired) electrons. The van der Waals surface area contributed by atoms with Crippen LogP contribution in [0.25, 0.3) is 0 Å². The maximum Gasteiger partial charge on any atom is 0.192 e. The van der Waals surface area contributed by atoms with Crippen molar-refractivity contribution in [2.45, 2.75) is 11.6 Å². The molecule has 6 nitrogen and oxygen atoms in total. The molecule has 0 spiro atoms. The lowest BCUT2D eigenvalue weighted by molar-refractivity contribution is 0.598. The van der Waals surface area contributed by atoms with Gasteiger partial charge in [-0.2, -0.15) is 0 Å². The van der Waals surface area contributed by atoms with Crippen LogP contribution in [0.15, 0.2) is 35.7 Å². The Morgan fingerprint density at radius 1 is 1.35 bits per heavy atom. The standard InChI is InChI=1S/C10H12N4O2S/c1-17(15,16)10-3-2-8(6-14-10)13-7-9-11-4-5-12-9/h2-6,13H,7H2,1H3,(H,11,12). The maximum absolute atomic E-state index is 11.2. The van der Waals surface area contributed by atoms with Crippen LogP contribution in [-0.2, 0) is 16.4 Å². The fourth-order valence-corrected chi connectivity index (χ4v) is 1.84. The quantitative estimate of drug-likeness (QED) is 0.841. The minimum absolute atomic E-state index is 0.0704. The molecule has 0 saturated carbocycles. The first-order valence-electron chi connectivity index (χ1n) is 4.94. The lowest BCUT2D eigenvalue weighted by Crippen LogP contribution is -2.04. The smallest absolute Gasteiger partial charge is 0.192 e. The minimum Gasteiger partial charge on any atom is -0.377 e. The Labute approximate surface area is 99.0 Å². The van der Waals surface area contributed by atoms with Crippen molar-refractivity contribution in [3.05, 3.63) is 36.5 Å². The number of aromatic amines is 1. The van der Waals surface area contributed by atoms with E-state index < -0.39 is 9.84 Å². The molecule has 0 bridgehead atoms. The molecule has 90 valence electrons. The van der Waals surface area contributed by atoms with Gasteiger partial charge in [-0.1, -0.05) is 0 Å². The number of hydrogen-bond donors (Lipinski definition) is 2. The van der Waals surface area contributed by atoms with Crippen LogP contribution in [-0.4, -0.2) is 29.6 Å². The van der Waals surface area contributed by atoms with Crippen molar-refractivity contribution in [2.75, 3.05) is 11.6 Å². The predicted molar refractivity (Wildman–Crippen MR) is 63.3 cm³/mol. The number of nitrogens with zero attached hydrogens (tertiary/aromatic N) is 2. The zero-order chi connectivity index (χ0) is 12.3.